The van der Waals surface area contributed by atoms with Crippen LogP contribution in [0.2, 0.25) is 0 Å². The number of rotatable bonds is 5. The van der Waals surface area contributed by atoms with Gasteiger partial charge in [0.15, 0.2) is 5.60 Å². The second-order valence-electron chi connectivity index (χ2n) is 8.27. The van der Waals surface area contributed by atoms with Crippen molar-refractivity contribution in [2.45, 2.75) is 31.8 Å². The van der Waals surface area contributed by atoms with Crippen LogP contribution in [-0.2, 0) is 33.4 Å². The second kappa shape index (κ2) is 7.67. The van der Waals surface area contributed by atoms with Gasteiger partial charge in [0.25, 0.3) is 6.29 Å². The SMILES string of the molecule is CC(=O)OC(OC(C)=O)[C@@]12C=C[C@@H](O1)[C@@H]1C(=O)N(c3ccc(-c4ccccc4)cc3)C(=O)[C@H]12. The third kappa shape index (κ3) is 3.25. The average molecular weight is 447 g/mol. The standard InChI is InChI=1S/C25H21NO7/c1-14(27)31-24(32-15(2)28)25-13-12-19(33-25)20-21(25)23(30)26(22(20)29)18-10-8-17(9-11-18)16-6-4-3-5-7-16/h3-13,19-21,24H,1-2H3/t19-,20+,21+,25+/m1/s1. The minimum atomic E-state index is -1.56. The van der Waals surface area contributed by atoms with Crippen LogP contribution in [0.1, 0.15) is 13.8 Å². The topological polar surface area (TPSA) is 99.2 Å². The van der Waals surface area contributed by atoms with E-state index < -0.39 is 53.6 Å². The van der Waals surface area contributed by atoms with Gasteiger partial charge in [-0.2, -0.15) is 0 Å². The van der Waals surface area contributed by atoms with E-state index in [1.54, 1.807) is 24.3 Å². The van der Waals surface area contributed by atoms with Gasteiger partial charge in [-0.1, -0.05) is 48.5 Å². The first kappa shape index (κ1) is 21.1. The molecule has 0 radical (unpaired) electrons. The predicted molar refractivity (Wildman–Crippen MR) is 115 cm³/mol. The van der Waals surface area contributed by atoms with Gasteiger partial charge >= 0.3 is 11.9 Å². The van der Waals surface area contributed by atoms with Gasteiger partial charge in [0.1, 0.15) is 0 Å². The smallest absolute Gasteiger partial charge is 0.305 e. The maximum Gasteiger partial charge on any atom is 0.305 e. The molecule has 0 aromatic heterocycles. The Bertz CT molecular complexity index is 1160. The van der Waals surface area contributed by atoms with Gasteiger partial charge in [0, 0.05) is 13.8 Å². The van der Waals surface area contributed by atoms with E-state index in [2.05, 4.69) is 0 Å². The van der Waals surface area contributed by atoms with Crippen molar-refractivity contribution < 1.29 is 33.4 Å². The Balaban J connectivity index is 1.48. The Morgan fingerprint density at radius 1 is 0.909 bits per heavy atom. The lowest BCUT2D eigenvalue weighted by Gasteiger charge is -2.34. The lowest BCUT2D eigenvalue weighted by atomic mass is 9.76. The van der Waals surface area contributed by atoms with E-state index in [0.29, 0.717) is 5.69 Å². The van der Waals surface area contributed by atoms with Gasteiger partial charge in [-0.05, 0) is 29.3 Å². The number of ether oxygens (including phenoxy) is 3. The summed E-state index contributed by atoms with van der Waals surface area (Å²) in [5.74, 6) is -4.09. The molecule has 5 rings (SSSR count). The summed E-state index contributed by atoms with van der Waals surface area (Å²) in [5.41, 5.74) is 0.841. The Kier molecular flexibility index (Phi) is 4.90. The number of hydrogen-bond acceptors (Lipinski definition) is 7. The van der Waals surface area contributed by atoms with Crippen molar-refractivity contribution in [1.82, 2.24) is 0 Å². The normalized spacial score (nSPS) is 27.2. The van der Waals surface area contributed by atoms with E-state index in [1.807, 2.05) is 42.5 Å². The minimum Gasteiger partial charge on any atom is -0.422 e. The predicted octanol–water partition coefficient (Wildman–Crippen LogP) is 2.62. The Hall–Kier alpha value is -3.78. The first-order chi connectivity index (χ1) is 15.8. The summed E-state index contributed by atoms with van der Waals surface area (Å²) in [6.45, 7) is 2.33. The molecule has 4 atom stereocenters. The van der Waals surface area contributed by atoms with Crippen LogP contribution in [0.15, 0.2) is 66.7 Å². The number of esters is 2. The van der Waals surface area contributed by atoms with Crippen molar-refractivity contribution in [2.24, 2.45) is 11.8 Å². The maximum absolute atomic E-state index is 13.5. The molecular weight excluding hydrogens is 426 g/mol. The third-order valence-corrected chi connectivity index (χ3v) is 6.22. The molecule has 2 amide bonds. The van der Waals surface area contributed by atoms with E-state index in [-0.39, 0.29) is 0 Å². The molecule has 8 nitrogen and oxygen atoms in total. The molecule has 0 N–H and O–H groups in total. The lowest BCUT2D eigenvalue weighted by Crippen LogP contribution is -2.52. The molecule has 0 saturated carbocycles. The summed E-state index contributed by atoms with van der Waals surface area (Å²) in [4.78, 5) is 51.4. The fraction of sp³-hybridized carbons (Fsp3) is 0.280. The van der Waals surface area contributed by atoms with Gasteiger partial charge < -0.3 is 14.2 Å². The summed E-state index contributed by atoms with van der Waals surface area (Å²) in [6, 6.07) is 16.9. The Morgan fingerprint density at radius 3 is 2.12 bits per heavy atom. The van der Waals surface area contributed by atoms with Crippen LogP contribution in [0, 0.1) is 11.8 Å². The number of carbonyl (C=O) groups is 4. The van der Waals surface area contributed by atoms with E-state index in [9.17, 15) is 19.2 Å². The van der Waals surface area contributed by atoms with Gasteiger partial charge in [-0.3, -0.25) is 19.2 Å². The highest BCUT2D eigenvalue weighted by atomic mass is 16.7. The molecule has 2 aromatic rings. The number of nitrogens with zero attached hydrogens (tertiary/aromatic N) is 1. The van der Waals surface area contributed by atoms with Gasteiger partial charge in [0.2, 0.25) is 11.8 Å². The van der Waals surface area contributed by atoms with Crippen LogP contribution >= 0.6 is 0 Å². The summed E-state index contributed by atoms with van der Waals surface area (Å²) >= 11 is 0. The number of benzene rings is 2. The van der Waals surface area contributed by atoms with Crippen molar-refractivity contribution in [3.63, 3.8) is 0 Å². The molecule has 2 bridgehead atoms. The first-order valence-corrected chi connectivity index (χ1v) is 10.6. The number of amides is 2. The molecule has 2 saturated heterocycles. The summed E-state index contributed by atoms with van der Waals surface area (Å²) in [7, 11) is 0. The van der Waals surface area contributed by atoms with Crippen molar-refractivity contribution in [3.05, 3.63) is 66.7 Å². The van der Waals surface area contributed by atoms with Gasteiger partial charge in [-0.25, -0.2) is 4.90 Å². The largest absolute Gasteiger partial charge is 0.422 e. The number of carbonyl (C=O) groups excluding carboxylic acids is 4. The summed E-state index contributed by atoms with van der Waals surface area (Å²) in [6.07, 6.45) is 1.03. The van der Waals surface area contributed by atoms with E-state index >= 15 is 0 Å². The molecule has 2 fully saturated rings. The average Bonchev–Trinajstić information content (AvgIpc) is 3.44. The Morgan fingerprint density at radius 2 is 1.52 bits per heavy atom. The molecular formula is C25H21NO7. The third-order valence-electron chi connectivity index (χ3n) is 6.22. The molecule has 3 aliphatic heterocycles. The van der Waals surface area contributed by atoms with E-state index in [4.69, 9.17) is 14.2 Å². The highest BCUT2D eigenvalue weighted by Crippen LogP contribution is 2.54. The summed E-state index contributed by atoms with van der Waals surface area (Å²) in [5, 5.41) is 0. The molecule has 0 aliphatic carbocycles. The maximum atomic E-state index is 13.5. The monoisotopic (exact) mass is 447 g/mol. The van der Waals surface area contributed by atoms with Crippen molar-refractivity contribution >= 4 is 29.4 Å². The van der Waals surface area contributed by atoms with Crippen LogP contribution in [0.3, 0.4) is 0 Å². The number of hydrogen-bond donors (Lipinski definition) is 0. The minimum absolute atomic E-state index is 0.405. The fourth-order valence-electron chi connectivity index (χ4n) is 4.90. The lowest BCUT2D eigenvalue weighted by molar-refractivity contribution is -0.226. The number of anilines is 1. The fourth-order valence-corrected chi connectivity index (χ4v) is 4.90. The second-order valence-corrected chi connectivity index (χ2v) is 8.27. The molecule has 0 spiro atoms. The number of imide groups is 1. The zero-order valence-corrected chi connectivity index (χ0v) is 18.0. The highest BCUT2D eigenvalue weighted by Gasteiger charge is 2.72. The molecule has 3 aliphatic rings. The molecule has 2 aromatic carbocycles. The van der Waals surface area contributed by atoms with Gasteiger partial charge in [0.05, 0.1) is 23.6 Å². The van der Waals surface area contributed by atoms with Crippen LogP contribution in [0.5, 0.6) is 0 Å². The van der Waals surface area contributed by atoms with Crippen molar-refractivity contribution in [1.29, 1.82) is 0 Å². The molecule has 0 unspecified atom stereocenters. The zero-order chi connectivity index (χ0) is 23.3. The van der Waals surface area contributed by atoms with E-state index in [1.165, 1.54) is 0 Å². The van der Waals surface area contributed by atoms with Gasteiger partial charge in [-0.15, -0.1) is 0 Å². The highest BCUT2D eigenvalue weighted by molar-refractivity contribution is 6.23. The zero-order valence-electron chi connectivity index (χ0n) is 18.0. The van der Waals surface area contributed by atoms with Crippen LogP contribution in [0.25, 0.3) is 11.1 Å². The van der Waals surface area contributed by atoms with Crippen LogP contribution < -0.4 is 4.90 Å². The molecule has 8 heteroatoms. The summed E-state index contributed by atoms with van der Waals surface area (Å²) < 4.78 is 16.4. The van der Waals surface area contributed by atoms with E-state index in [0.717, 1.165) is 29.9 Å². The Labute approximate surface area is 189 Å². The molecule has 168 valence electrons. The van der Waals surface area contributed by atoms with Crippen LogP contribution in [0.4, 0.5) is 5.69 Å². The molecule has 33 heavy (non-hydrogen) atoms. The van der Waals surface area contributed by atoms with Crippen molar-refractivity contribution in [3.8, 4) is 11.1 Å². The molecule has 3 heterocycles. The van der Waals surface area contributed by atoms with Crippen LogP contribution in [-0.4, -0.2) is 41.7 Å². The quantitative estimate of drug-likeness (QED) is 0.301. The van der Waals surface area contributed by atoms with Crippen molar-refractivity contribution in [2.75, 3.05) is 4.90 Å². The first-order valence-electron chi connectivity index (χ1n) is 10.6. The number of fused-ring (bicyclic) bond motifs is 5.